The van der Waals surface area contributed by atoms with E-state index in [0.717, 1.165) is 0 Å². The molecule has 0 saturated heterocycles. The van der Waals surface area contributed by atoms with Gasteiger partial charge in [0, 0.05) is 0 Å². The number of hydrogen-bond donors (Lipinski definition) is 0. The summed E-state index contributed by atoms with van der Waals surface area (Å²) in [6.45, 7) is 0. The van der Waals surface area contributed by atoms with Crippen molar-refractivity contribution in [2.24, 2.45) is 0 Å². The fourth-order valence-corrected chi connectivity index (χ4v) is 0. The van der Waals surface area contributed by atoms with E-state index >= 15 is 0 Å². The Hall–Kier alpha value is 3.16. The molecule has 0 aromatic heterocycles. The maximum absolute atomic E-state index is 5.44. The van der Waals surface area contributed by atoms with Crippen LogP contribution in [0.5, 0.6) is 0 Å². The van der Waals surface area contributed by atoms with E-state index in [-0.39, 0.29) is 48.9 Å². The predicted octanol–water partition coefficient (Wildman–Crippen LogP) is -3.20. The summed E-state index contributed by atoms with van der Waals surface area (Å²) in [5.74, 6) is 0. The Labute approximate surface area is 83.8 Å². The van der Waals surface area contributed by atoms with Crippen LogP contribution in [0, 0.1) is 18.1 Å². The van der Waals surface area contributed by atoms with Crippen molar-refractivity contribution in [3.05, 3.63) is 0 Å². The molecular formula is H2B6BaLa. The fourth-order valence-electron chi connectivity index (χ4n) is 0. The molecule has 0 N–H and O–H groups in total. The van der Waals surface area contributed by atoms with E-state index in [4.69, 9.17) is 19.8 Å². The van der Waals surface area contributed by atoms with Crippen molar-refractivity contribution >= 4 is 68.7 Å². The second kappa shape index (κ2) is 2.58. The standard InChI is InChI=1S/6B.Ba.La.2H. The Balaban J connectivity index is 0. The van der Waals surface area contributed by atoms with Crippen LogP contribution >= 0.6 is 0 Å². The minimum atomic E-state index is -5.44. The van der Waals surface area contributed by atoms with E-state index in [1.54, 1.807) is 0 Å². The molecule has 8 heteroatoms. The van der Waals surface area contributed by atoms with Crippen LogP contribution in [0.25, 0.3) is 0 Å². The quantitative estimate of drug-likeness (QED) is 0.407. The second-order valence-corrected chi connectivity index (χ2v) is 21.0. The van der Waals surface area contributed by atoms with Gasteiger partial charge in [0.1, 0.15) is 0 Å². The third kappa shape index (κ3) is 61.2. The van der Waals surface area contributed by atoms with Crippen molar-refractivity contribution in [3.8, 4) is 0 Å². The molecule has 0 saturated carbocycles. The first-order valence-electron chi connectivity index (χ1n) is 2.00. The number of rotatable bonds is 0. The van der Waals surface area contributed by atoms with Gasteiger partial charge < -0.3 is 0 Å². The van der Waals surface area contributed by atoms with Gasteiger partial charge in [-0.05, 0) is 0 Å². The van der Waals surface area contributed by atoms with Gasteiger partial charge in [-0.3, -0.25) is 0 Å². The monoisotopic (exact) mass is 345 g/mol. The molecule has 0 aliphatic carbocycles. The Morgan fingerprint density at radius 3 is 0.625 bits per heavy atom. The van der Waals surface area contributed by atoms with Gasteiger partial charge in [0.2, 0.25) is 0 Å². The zero-order valence-electron chi connectivity index (χ0n) is 4.04. The summed E-state index contributed by atoms with van der Waals surface area (Å²) in [6, 6.07) is 0. The molecule has 0 aromatic carbocycles. The Morgan fingerprint density at radius 2 is 0.625 bits per heavy atom. The molecule has 0 bridgehead atoms. The van der Waals surface area contributed by atoms with Crippen molar-refractivity contribution in [1.29, 1.82) is 0 Å². The molecule has 25 valence electrons. The Bertz CT molecular complexity index is 1200. The van der Waals surface area contributed by atoms with Gasteiger partial charge >= 0.3 is 86.8 Å². The Kier molecular flexibility index (Phi) is 4.43. The van der Waals surface area contributed by atoms with Crippen molar-refractivity contribution in [2.45, 2.75) is 0 Å². The van der Waals surface area contributed by atoms with Gasteiger partial charge in [0.25, 0.3) is 0 Å². The Morgan fingerprint density at radius 1 is 0.625 bits per heavy atom. The molecule has 0 atom stereocenters. The SMILES string of the molecule is [B]#[La](#[B])(#[B])(#[B])(#[B])#[B].[BaH2]. The third-order valence-corrected chi connectivity index (χ3v) is 0. The summed E-state index contributed by atoms with van der Waals surface area (Å²) in [5, 5.41) is 0. The van der Waals surface area contributed by atoms with Crippen molar-refractivity contribution < 1.29 is 18.1 Å². The molecule has 8 heavy (non-hydrogen) atoms. The molecule has 0 aromatic rings. The zero-order chi connectivity index (χ0) is 6.41. The van der Waals surface area contributed by atoms with Crippen LogP contribution in [0.3, 0.4) is 0 Å². The average Bonchev–Trinajstić information content (AvgIpc) is 0.592. The van der Waals surface area contributed by atoms with Crippen molar-refractivity contribution in [2.75, 3.05) is 0 Å². The van der Waals surface area contributed by atoms with E-state index < -0.39 is 18.1 Å². The second-order valence-electron chi connectivity index (χ2n) is 2.89. The fraction of sp³-hybridized carbons (Fsp3) is 0. The van der Waals surface area contributed by atoms with Gasteiger partial charge in [-0.15, -0.1) is 0 Å². The molecule has 0 heterocycles. The molecule has 0 spiro atoms. The molecule has 0 nitrogen and oxygen atoms in total. The van der Waals surface area contributed by atoms with Gasteiger partial charge in [-0.25, -0.2) is 0 Å². The van der Waals surface area contributed by atoms with Crippen LogP contribution in [-0.4, -0.2) is 68.7 Å². The first-order chi connectivity index (χ1) is 2.45. The van der Waals surface area contributed by atoms with Crippen LogP contribution < -0.4 is 0 Å². The van der Waals surface area contributed by atoms with E-state index in [9.17, 15) is 0 Å². The first-order valence-corrected chi connectivity index (χ1v) is 14.6. The van der Waals surface area contributed by atoms with E-state index in [0.29, 0.717) is 0 Å². The maximum atomic E-state index is 4.94. The van der Waals surface area contributed by atoms with Gasteiger partial charge in [0.15, 0.2) is 0 Å². The average molecular weight is 343 g/mol. The van der Waals surface area contributed by atoms with E-state index in [2.05, 4.69) is 0 Å². The predicted molar refractivity (Wildman–Crippen MR) is 43.1 cm³/mol. The third-order valence-electron chi connectivity index (χ3n) is 0. The summed E-state index contributed by atoms with van der Waals surface area (Å²) in [5.41, 5.74) is 0. The van der Waals surface area contributed by atoms with Crippen LogP contribution in [0.15, 0.2) is 0 Å². The van der Waals surface area contributed by atoms with Gasteiger partial charge in [-0.1, -0.05) is 0 Å². The molecule has 0 fully saturated rings. The molecule has 0 radical (unpaired) electrons. The first kappa shape index (κ1) is 13.7. The van der Waals surface area contributed by atoms with E-state index in [1.807, 2.05) is 0 Å². The van der Waals surface area contributed by atoms with Crippen molar-refractivity contribution in [1.82, 2.24) is 0 Å². The summed E-state index contributed by atoms with van der Waals surface area (Å²) < 4.78 is 29.7. The molecule has 0 unspecified atom stereocenters. The summed E-state index contributed by atoms with van der Waals surface area (Å²) in [6.07, 6.45) is 0. The minimum absolute atomic E-state index is 0. The number of hydrogen-bond acceptors (Lipinski definition) is 0. The van der Waals surface area contributed by atoms with Gasteiger partial charge in [-0.2, -0.15) is 0 Å². The molecule has 0 amide bonds. The molecular weight excluding hydrogens is 341 g/mol. The van der Waals surface area contributed by atoms with Crippen LogP contribution in [-0.2, 0) is 0 Å². The van der Waals surface area contributed by atoms with Crippen LogP contribution in [0.1, 0.15) is 0 Å². The summed E-state index contributed by atoms with van der Waals surface area (Å²) >= 11 is -5.44. The van der Waals surface area contributed by atoms with E-state index in [1.165, 1.54) is 0 Å². The van der Waals surface area contributed by atoms with Crippen LogP contribution in [0.4, 0.5) is 0 Å². The molecule has 0 aliphatic heterocycles. The van der Waals surface area contributed by atoms with Crippen LogP contribution in [0.2, 0.25) is 0 Å². The van der Waals surface area contributed by atoms with Crippen molar-refractivity contribution in [3.63, 3.8) is 0 Å². The van der Waals surface area contributed by atoms with Gasteiger partial charge in [0.05, 0.1) is 0 Å². The topological polar surface area (TPSA) is 0 Å². The molecule has 0 rings (SSSR count). The summed E-state index contributed by atoms with van der Waals surface area (Å²) in [4.78, 5) is 0. The zero-order valence-corrected chi connectivity index (χ0v) is 7.67. The molecule has 0 aliphatic rings. The normalized spacial score (nSPS) is 21.0. The summed E-state index contributed by atoms with van der Waals surface area (Å²) in [7, 11) is 0.